The molecule has 8 heteroatoms. The van der Waals surface area contributed by atoms with Crippen molar-refractivity contribution < 1.29 is 13.6 Å². The molecule has 0 aliphatic heterocycles. The van der Waals surface area contributed by atoms with E-state index >= 15 is 0 Å². The second kappa shape index (κ2) is 4.94. The number of hydrogen-bond donors (Lipinski definition) is 1. The van der Waals surface area contributed by atoms with Gasteiger partial charge in [0.1, 0.15) is 5.69 Å². The Balaban J connectivity index is 2.01. The monoisotopic (exact) mass is 255 g/mol. The zero-order valence-corrected chi connectivity index (χ0v) is 9.55. The van der Waals surface area contributed by atoms with Gasteiger partial charge >= 0.3 is 6.55 Å². The second-order valence-corrected chi connectivity index (χ2v) is 3.60. The van der Waals surface area contributed by atoms with E-state index in [2.05, 4.69) is 15.5 Å². The van der Waals surface area contributed by atoms with Gasteiger partial charge in [0.15, 0.2) is 0 Å². The van der Waals surface area contributed by atoms with Crippen LogP contribution in [-0.4, -0.2) is 25.5 Å². The topological polar surface area (TPSA) is 64.7 Å². The lowest BCUT2D eigenvalue weighted by molar-refractivity contribution is 0.0509. The van der Waals surface area contributed by atoms with E-state index < -0.39 is 12.5 Å². The molecule has 0 saturated heterocycles. The number of carbonyl (C=O) groups is 1. The maximum Gasteiger partial charge on any atom is 0.333 e. The molecule has 18 heavy (non-hydrogen) atoms. The highest BCUT2D eigenvalue weighted by Gasteiger charge is 2.17. The Morgan fingerprint density at radius 1 is 1.50 bits per heavy atom. The molecule has 6 nitrogen and oxygen atoms in total. The van der Waals surface area contributed by atoms with Crippen molar-refractivity contribution in [2.24, 2.45) is 7.05 Å². The molecule has 2 aromatic rings. The van der Waals surface area contributed by atoms with Gasteiger partial charge in [0.05, 0.1) is 12.2 Å². The van der Waals surface area contributed by atoms with Gasteiger partial charge in [-0.2, -0.15) is 23.7 Å². The van der Waals surface area contributed by atoms with Crippen LogP contribution in [0.2, 0.25) is 0 Å². The molecule has 0 aliphatic rings. The predicted molar refractivity (Wildman–Crippen MR) is 57.9 cm³/mol. The molecule has 1 amide bonds. The van der Waals surface area contributed by atoms with Crippen molar-refractivity contribution in [2.45, 2.75) is 13.1 Å². The largest absolute Gasteiger partial charge is 0.345 e. The number of halogens is 2. The van der Waals surface area contributed by atoms with E-state index in [1.807, 2.05) is 0 Å². The number of alkyl halides is 2. The number of aryl methyl sites for hydroxylation is 1. The van der Waals surface area contributed by atoms with Crippen molar-refractivity contribution in [1.82, 2.24) is 24.9 Å². The molecule has 2 aromatic heterocycles. The first-order valence-corrected chi connectivity index (χ1v) is 5.16. The van der Waals surface area contributed by atoms with E-state index in [1.165, 1.54) is 6.07 Å². The van der Waals surface area contributed by atoms with Crippen molar-refractivity contribution in [3.63, 3.8) is 0 Å². The van der Waals surface area contributed by atoms with Crippen molar-refractivity contribution >= 4 is 5.91 Å². The maximum atomic E-state index is 12.5. The van der Waals surface area contributed by atoms with Crippen molar-refractivity contribution in [2.75, 3.05) is 0 Å². The van der Waals surface area contributed by atoms with Gasteiger partial charge < -0.3 is 5.32 Å². The van der Waals surface area contributed by atoms with E-state index in [9.17, 15) is 13.6 Å². The third-order valence-corrected chi connectivity index (χ3v) is 2.29. The summed E-state index contributed by atoms with van der Waals surface area (Å²) in [4.78, 5) is 11.7. The summed E-state index contributed by atoms with van der Waals surface area (Å²) in [7, 11) is 1.75. The van der Waals surface area contributed by atoms with Crippen LogP contribution in [0.15, 0.2) is 24.5 Å². The Kier molecular flexibility index (Phi) is 3.35. The lowest BCUT2D eigenvalue weighted by Gasteiger charge is -2.06. The van der Waals surface area contributed by atoms with Crippen LogP contribution in [0.5, 0.6) is 0 Å². The van der Waals surface area contributed by atoms with E-state index in [0.717, 1.165) is 6.20 Å². The Morgan fingerprint density at radius 3 is 2.89 bits per heavy atom. The van der Waals surface area contributed by atoms with Gasteiger partial charge in [-0.25, -0.2) is 0 Å². The van der Waals surface area contributed by atoms with Crippen LogP contribution in [0.1, 0.15) is 22.7 Å². The molecule has 0 bridgehead atoms. The van der Waals surface area contributed by atoms with Gasteiger partial charge in [0, 0.05) is 19.4 Å². The lowest BCUT2D eigenvalue weighted by atomic mass is 10.3. The highest BCUT2D eigenvalue weighted by atomic mass is 19.3. The average Bonchev–Trinajstić information content (AvgIpc) is 2.94. The summed E-state index contributed by atoms with van der Waals surface area (Å²) in [5.41, 5.74) is 0.467. The predicted octanol–water partition coefficient (Wildman–Crippen LogP) is 0.942. The average molecular weight is 255 g/mol. The summed E-state index contributed by atoms with van der Waals surface area (Å²) < 4.78 is 26.9. The molecule has 2 heterocycles. The summed E-state index contributed by atoms with van der Waals surface area (Å²) in [6, 6.07) is 2.96. The van der Waals surface area contributed by atoms with Gasteiger partial charge in [-0.05, 0) is 12.1 Å². The fourth-order valence-electron chi connectivity index (χ4n) is 1.47. The van der Waals surface area contributed by atoms with Crippen LogP contribution < -0.4 is 5.32 Å². The molecule has 0 aromatic carbocycles. The number of hydrogen-bond acceptors (Lipinski definition) is 3. The van der Waals surface area contributed by atoms with E-state index in [1.54, 1.807) is 24.0 Å². The van der Waals surface area contributed by atoms with Crippen LogP contribution in [0.4, 0.5) is 8.78 Å². The summed E-state index contributed by atoms with van der Waals surface area (Å²) in [6.07, 6.45) is 2.88. The molecular weight excluding hydrogens is 244 g/mol. The van der Waals surface area contributed by atoms with Crippen molar-refractivity contribution in [3.05, 3.63) is 35.9 Å². The molecule has 2 rings (SSSR count). The van der Waals surface area contributed by atoms with E-state index in [-0.39, 0.29) is 12.2 Å². The van der Waals surface area contributed by atoms with Crippen LogP contribution in [-0.2, 0) is 13.6 Å². The van der Waals surface area contributed by atoms with Crippen LogP contribution in [0.3, 0.4) is 0 Å². The maximum absolute atomic E-state index is 12.5. The minimum absolute atomic E-state index is 0.175. The molecule has 0 atom stereocenters. The fraction of sp³-hybridized carbons (Fsp3) is 0.300. The minimum Gasteiger partial charge on any atom is -0.345 e. The molecule has 0 radical (unpaired) electrons. The second-order valence-electron chi connectivity index (χ2n) is 3.60. The molecule has 0 aliphatic carbocycles. The van der Waals surface area contributed by atoms with Gasteiger partial charge in [-0.15, -0.1) is 0 Å². The van der Waals surface area contributed by atoms with Crippen LogP contribution >= 0.6 is 0 Å². The molecule has 0 saturated carbocycles. The first-order chi connectivity index (χ1) is 8.58. The summed E-state index contributed by atoms with van der Waals surface area (Å²) >= 11 is 0. The third-order valence-electron chi connectivity index (χ3n) is 2.29. The Labute approximate surface area is 101 Å². The molecule has 96 valence electrons. The lowest BCUT2D eigenvalue weighted by Crippen LogP contribution is -2.26. The summed E-state index contributed by atoms with van der Waals surface area (Å²) in [5.74, 6) is -0.613. The molecule has 0 unspecified atom stereocenters. The molecule has 0 spiro atoms. The molecule has 1 N–H and O–H groups in total. The normalized spacial score (nSPS) is 10.9. The van der Waals surface area contributed by atoms with E-state index in [0.29, 0.717) is 10.4 Å². The van der Waals surface area contributed by atoms with Crippen LogP contribution in [0.25, 0.3) is 0 Å². The number of nitrogens with zero attached hydrogens (tertiary/aromatic N) is 4. The standard InChI is InChI=1S/C10H11F2N5O/c1-16-5-3-7(15-16)6-13-9(18)8-2-4-14-17(8)10(11)12/h2-5,10H,6H2,1H3,(H,13,18). The smallest absolute Gasteiger partial charge is 0.333 e. The zero-order valence-electron chi connectivity index (χ0n) is 9.55. The third kappa shape index (κ3) is 2.53. The number of amides is 1. The number of carbonyl (C=O) groups excluding carboxylic acids is 1. The SMILES string of the molecule is Cn1ccc(CNC(=O)c2ccnn2C(F)F)n1. The van der Waals surface area contributed by atoms with Gasteiger partial charge in [-0.1, -0.05) is 0 Å². The first kappa shape index (κ1) is 12.2. The van der Waals surface area contributed by atoms with Gasteiger partial charge in [0.2, 0.25) is 0 Å². The molecular formula is C10H11F2N5O. The minimum atomic E-state index is -2.84. The van der Waals surface area contributed by atoms with Gasteiger partial charge in [-0.3, -0.25) is 9.48 Å². The van der Waals surface area contributed by atoms with Crippen molar-refractivity contribution in [1.29, 1.82) is 0 Å². The number of nitrogens with one attached hydrogen (secondary N) is 1. The van der Waals surface area contributed by atoms with Gasteiger partial charge in [0.25, 0.3) is 5.91 Å². The van der Waals surface area contributed by atoms with E-state index in [4.69, 9.17) is 0 Å². The number of aromatic nitrogens is 4. The van der Waals surface area contributed by atoms with Crippen molar-refractivity contribution in [3.8, 4) is 0 Å². The first-order valence-electron chi connectivity index (χ1n) is 5.16. The summed E-state index contributed by atoms with van der Waals surface area (Å²) in [5, 5.41) is 9.94. The Hall–Kier alpha value is -2.25. The van der Waals surface area contributed by atoms with Crippen LogP contribution in [0, 0.1) is 0 Å². The highest BCUT2D eigenvalue weighted by molar-refractivity contribution is 5.92. The highest BCUT2D eigenvalue weighted by Crippen LogP contribution is 2.11. The quantitative estimate of drug-likeness (QED) is 0.884. The zero-order chi connectivity index (χ0) is 13.1. The molecule has 0 fully saturated rings. The Morgan fingerprint density at radius 2 is 2.28 bits per heavy atom. The fourth-order valence-corrected chi connectivity index (χ4v) is 1.47. The summed E-state index contributed by atoms with van der Waals surface area (Å²) in [6.45, 7) is -2.66. The Bertz CT molecular complexity index is 548. The number of rotatable bonds is 4.